The second kappa shape index (κ2) is 7.97. The Morgan fingerprint density at radius 1 is 0.793 bits per heavy atom. The minimum Gasteiger partial charge on any atom is -0.378 e. The van der Waals surface area contributed by atoms with Gasteiger partial charge in [-0.25, -0.2) is 9.97 Å². The number of nitrogens with zero attached hydrogens (tertiary/aromatic N) is 7. The summed E-state index contributed by atoms with van der Waals surface area (Å²) in [5.74, 6) is 2.00. The molecule has 8 nitrogen and oxygen atoms in total. The number of alkyl halides is 3. The van der Waals surface area contributed by atoms with Crippen molar-refractivity contribution in [2.24, 2.45) is 0 Å². The summed E-state index contributed by atoms with van der Waals surface area (Å²) >= 11 is 0. The van der Waals surface area contributed by atoms with Crippen LogP contribution in [0, 0.1) is 6.92 Å². The second-order valence-electron chi connectivity index (χ2n) is 6.98. The lowest BCUT2D eigenvalue weighted by Gasteiger charge is -2.36. The zero-order chi connectivity index (χ0) is 20.4. The molecule has 0 bridgehead atoms. The van der Waals surface area contributed by atoms with Crippen molar-refractivity contribution in [1.82, 2.24) is 20.2 Å². The Bertz CT molecular complexity index is 832. The molecule has 2 saturated heterocycles. The Morgan fingerprint density at radius 2 is 1.31 bits per heavy atom. The van der Waals surface area contributed by atoms with E-state index in [1.807, 2.05) is 17.0 Å². The SMILES string of the molecule is Cc1nc(N2CCN(c3ccc(N4CCOCC4)nn3)CC2)cc(C(F)(F)F)n1. The third-order valence-electron chi connectivity index (χ3n) is 5.01. The Balaban J connectivity index is 1.40. The molecule has 0 N–H and O–H groups in total. The molecule has 0 amide bonds. The van der Waals surface area contributed by atoms with E-state index >= 15 is 0 Å². The van der Waals surface area contributed by atoms with Crippen molar-refractivity contribution in [3.8, 4) is 0 Å². The summed E-state index contributed by atoms with van der Waals surface area (Å²) in [7, 11) is 0. The van der Waals surface area contributed by atoms with E-state index in [4.69, 9.17) is 4.74 Å². The van der Waals surface area contributed by atoms with Crippen LogP contribution < -0.4 is 14.7 Å². The molecule has 2 aromatic rings. The highest BCUT2D eigenvalue weighted by atomic mass is 19.4. The fourth-order valence-corrected chi connectivity index (χ4v) is 3.47. The highest BCUT2D eigenvalue weighted by Crippen LogP contribution is 2.30. The Morgan fingerprint density at radius 3 is 1.83 bits per heavy atom. The molecule has 0 saturated carbocycles. The van der Waals surface area contributed by atoms with Crippen LogP contribution >= 0.6 is 0 Å². The summed E-state index contributed by atoms with van der Waals surface area (Å²) in [5, 5.41) is 8.66. The molecule has 2 aliphatic rings. The molecule has 4 heterocycles. The maximum atomic E-state index is 13.0. The number of aromatic nitrogens is 4. The fourth-order valence-electron chi connectivity index (χ4n) is 3.47. The summed E-state index contributed by atoms with van der Waals surface area (Å²) in [6, 6.07) is 4.90. The number of anilines is 3. The Kier molecular flexibility index (Phi) is 5.39. The molecule has 29 heavy (non-hydrogen) atoms. The molecule has 156 valence electrons. The van der Waals surface area contributed by atoms with E-state index in [-0.39, 0.29) is 5.82 Å². The zero-order valence-electron chi connectivity index (χ0n) is 16.1. The average Bonchev–Trinajstić information content (AvgIpc) is 2.74. The molecule has 2 aromatic heterocycles. The van der Waals surface area contributed by atoms with Gasteiger partial charge in [-0.1, -0.05) is 0 Å². The average molecular weight is 409 g/mol. The molecule has 0 radical (unpaired) electrons. The number of halogens is 3. The highest BCUT2D eigenvalue weighted by molar-refractivity contribution is 5.48. The monoisotopic (exact) mass is 409 g/mol. The van der Waals surface area contributed by atoms with E-state index in [2.05, 4.69) is 30.0 Å². The molecule has 0 aromatic carbocycles. The number of hydrogen-bond acceptors (Lipinski definition) is 8. The predicted octanol–water partition coefficient (Wildman–Crippen LogP) is 1.76. The third-order valence-corrected chi connectivity index (χ3v) is 5.01. The van der Waals surface area contributed by atoms with Gasteiger partial charge in [0.05, 0.1) is 13.2 Å². The van der Waals surface area contributed by atoms with Gasteiger partial charge in [0.1, 0.15) is 17.3 Å². The van der Waals surface area contributed by atoms with Crippen molar-refractivity contribution in [2.75, 3.05) is 67.2 Å². The Labute approximate surface area is 166 Å². The number of aryl methyl sites for hydroxylation is 1. The maximum Gasteiger partial charge on any atom is 0.433 e. The largest absolute Gasteiger partial charge is 0.433 e. The van der Waals surface area contributed by atoms with Crippen LogP contribution in [0.25, 0.3) is 0 Å². The first kappa shape index (κ1) is 19.6. The van der Waals surface area contributed by atoms with Crippen molar-refractivity contribution in [1.29, 1.82) is 0 Å². The standard InChI is InChI=1S/C18H22F3N7O/c1-13-22-14(18(19,20)21)12-17(23-13)27-6-4-26(5-7-27)15-2-3-16(25-24-15)28-8-10-29-11-9-28/h2-3,12H,4-11H2,1H3. The first-order chi connectivity index (χ1) is 13.9. The van der Waals surface area contributed by atoms with Gasteiger partial charge < -0.3 is 19.4 Å². The van der Waals surface area contributed by atoms with Gasteiger partial charge in [-0.15, -0.1) is 10.2 Å². The first-order valence-electron chi connectivity index (χ1n) is 9.49. The van der Waals surface area contributed by atoms with Gasteiger partial charge >= 0.3 is 6.18 Å². The Hall–Kier alpha value is -2.69. The number of morpholine rings is 1. The van der Waals surface area contributed by atoms with E-state index in [9.17, 15) is 13.2 Å². The van der Waals surface area contributed by atoms with Crippen LogP contribution in [-0.2, 0) is 10.9 Å². The number of hydrogen-bond donors (Lipinski definition) is 0. The fraction of sp³-hybridized carbons (Fsp3) is 0.556. The molecule has 0 atom stereocenters. The number of piperazine rings is 1. The molecular weight excluding hydrogens is 387 g/mol. The van der Waals surface area contributed by atoms with Crippen molar-refractivity contribution in [3.05, 3.63) is 29.7 Å². The number of rotatable bonds is 3. The minimum absolute atomic E-state index is 0.113. The van der Waals surface area contributed by atoms with E-state index < -0.39 is 11.9 Å². The molecule has 11 heteroatoms. The molecule has 0 unspecified atom stereocenters. The molecule has 0 spiro atoms. The molecule has 2 fully saturated rings. The normalized spacial score (nSPS) is 18.3. The van der Waals surface area contributed by atoms with Crippen LogP contribution in [0.2, 0.25) is 0 Å². The van der Waals surface area contributed by atoms with Crippen molar-refractivity contribution in [2.45, 2.75) is 13.1 Å². The van der Waals surface area contributed by atoms with Crippen LogP contribution in [0.15, 0.2) is 18.2 Å². The van der Waals surface area contributed by atoms with Crippen LogP contribution in [0.4, 0.5) is 30.6 Å². The lowest BCUT2D eigenvalue weighted by Crippen LogP contribution is -2.47. The van der Waals surface area contributed by atoms with E-state index in [1.54, 1.807) is 0 Å². The van der Waals surface area contributed by atoms with Gasteiger partial charge in [-0.05, 0) is 19.1 Å². The topological polar surface area (TPSA) is 70.5 Å². The highest BCUT2D eigenvalue weighted by Gasteiger charge is 2.34. The van der Waals surface area contributed by atoms with Crippen LogP contribution in [0.3, 0.4) is 0 Å². The van der Waals surface area contributed by atoms with Crippen molar-refractivity contribution in [3.63, 3.8) is 0 Å². The summed E-state index contributed by atoms with van der Waals surface area (Å²) in [6.07, 6.45) is -4.48. The summed E-state index contributed by atoms with van der Waals surface area (Å²) in [4.78, 5) is 13.7. The van der Waals surface area contributed by atoms with Gasteiger partial charge in [0.25, 0.3) is 0 Å². The smallest absolute Gasteiger partial charge is 0.378 e. The lowest BCUT2D eigenvalue weighted by molar-refractivity contribution is -0.141. The van der Waals surface area contributed by atoms with Gasteiger partial charge in [-0.2, -0.15) is 13.2 Å². The quantitative estimate of drug-likeness (QED) is 0.760. The minimum atomic E-state index is -4.48. The second-order valence-corrected chi connectivity index (χ2v) is 6.98. The first-order valence-corrected chi connectivity index (χ1v) is 9.49. The van der Waals surface area contributed by atoms with Crippen LogP contribution in [0.5, 0.6) is 0 Å². The summed E-state index contributed by atoms with van der Waals surface area (Å²) in [5.41, 5.74) is -0.910. The van der Waals surface area contributed by atoms with E-state index in [0.717, 1.165) is 30.8 Å². The van der Waals surface area contributed by atoms with E-state index in [0.29, 0.717) is 45.2 Å². The summed E-state index contributed by atoms with van der Waals surface area (Å²) < 4.78 is 44.4. The van der Waals surface area contributed by atoms with Crippen molar-refractivity contribution >= 4 is 17.5 Å². The van der Waals surface area contributed by atoms with Gasteiger partial charge in [-0.3, -0.25) is 0 Å². The number of ether oxygens (including phenoxy) is 1. The maximum absolute atomic E-state index is 13.0. The van der Waals surface area contributed by atoms with Crippen LogP contribution in [0.1, 0.15) is 11.5 Å². The van der Waals surface area contributed by atoms with Gasteiger partial charge in [0.2, 0.25) is 0 Å². The van der Waals surface area contributed by atoms with Gasteiger partial charge in [0.15, 0.2) is 11.6 Å². The molecule has 0 aliphatic carbocycles. The molecular formula is C18H22F3N7O. The zero-order valence-corrected chi connectivity index (χ0v) is 16.1. The van der Waals surface area contributed by atoms with Crippen LogP contribution in [-0.4, -0.2) is 72.6 Å². The lowest BCUT2D eigenvalue weighted by atomic mass is 10.2. The molecule has 2 aliphatic heterocycles. The summed E-state index contributed by atoms with van der Waals surface area (Å²) in [6.45, 7) is 6.76. The van der Waals surface area contributed by atoms with Crippen molar-refractivity contribution < 1.29 is 17.9 Å². The predicted molar refractivity (Wildman–Crippen MR) is 101 cm³/mol. The van der Waals surface area contributed by atoms with Gasteiger partial charge in [0, 0.05) is 45.3 Å². The third kappa shape index (κ3) is 4.50. The molecule has 4 rings (SSSR count). The van der Waals surface area contributed by atoms with E-state index in [1.165, 1.54) is 6.92 Å².